The predicted octanol–water partition coefficient (Wildman–Crippen LogP) is 3.53. The fourth-order valence-electron chi connectivity index (χ4n) is 3.51. The second kappa shape index (κ2) is 10.5. The average Bonchev–Trinajstić information content (AvgIpc) is 3.33. The number of carbonyl (C=O) groups is 2. The van der Waals surface area contributed by atoms with Gasteiger partial charge in [-0.25, -0.2) is 0 Å². The van der Waals surface area contributed by atoms with E-state index in [4.69, 9.17) is 14.2 Å². The minimum absolute atomic E-state index is 0.155. The van der Waals surface area contributed by atoms with E-state index in [1.54, 1.807) is 44.6 Å². The Morgan fingerprint density at radius 3 is 2.13 bits per heavy atom. The highest BCUT2D eigenvalue weighted by atomic mass is 16.5. The third-order valence-electron chi connectivity index (χ3n) is 5.15. The summed E-state index contributed by atoms with van der Waals surface area (Å²) in [7, 11) is 4.62. The highest BCUT2D eigenvalue weighted by Crippen LogP contribution is 2.38. The van der Waals surface area contributed by atoms with Crippen molar-refractivity contribution in [2.24, 2.45) is 0 Å². The number of nitrogens with zero attached hydrogens (tertiary/aromatic N) is 1. The van der Waals surface area contributed by atoms with Gasteiger partial charge in [-0.3, -0.25) is 9.59 Å². The van der Waals surface area contributed by atoms with Gasteiger partial charge in [0.15, 0.2) is 11.5 Å². The Labute approximate surface area is 182 Å². The molecule has 2 amide bonds. The monoisotopic (exact) mass is 424 g/mol. The lowest BCUT2D eigenvalue weighted by Crippen LogP contribution is -2.29. The maximum absolute atomic E-state index is 12.3. The number of nitrogens with one attached hydrogen (secondary N) is 1. The van der Waals surface area contributed by atoms with Crippen LogP contribution in [0.4, 0.5) is 5.69 Å². The molecule has 0 saturated carbocycles. The second-order valence-electron chi connectivity index (χ2n) is 7.24. The predicted molar refractivity (Wildman–Crippen MR) is 120 cm³/mol. The van der Waals surface area contributed by atoms with Gasteiger partial charge in [-0.2, -0.15) is 0 Å². The Bertz CT molecular complexity index is 922. The minimum Gasteiger partial charge on any atom is -0.493 e. The van der Waals surface area contributed by atoms with Crippen molar-refractivity contribution in [1.29, 1.82) is 0 Å². The Morgan fingerprint density at radius 2 is 1.58 bits per heavy atom. The third kappa shape index (κ3) is 5.78. The van der Waals surface area contributed by atoms with Crippen molar-refractivity contribution in [1.82, 2.24) is 4.90 Å². The van der Waals surface area contributed by atoms with E-state index in [2.05, 4.69) is 5.32 Å². The number of hydrogen-bond acceptors (Lipinski definition) is 5. The molecule has 7 nitrogen and oxygen atoms in total. The molecule has 0 spiro atoms. The molecule has 0 atom stereocenters. The summed E-state index contributed by atoms with van der Waals surface area (Å²) in [5.74, 6) is 1.41. The summed E-state index contributed by atoms with van der Waals surface area (Å²) >= 11 is 0. The third-order valence-corrected chi connectivity index (χ3v) is 5.15. The van der Waals surface area contributed by atoms with Crippen LogP contribution in [0.25, 0.3) is 6.08 Å². The molecule has 7 heteroatoms. The van der Waals surface area contributed by atoms with Gasteiger partial charge in [0.1, 0.15) is 0 Å². The Hall–Kier alpha value is -3.48. The maximum Gasteiger partial charge on any atom is 0.248 e. The van der Waals surface area contributed by atoms with Gasteiger partial charge in [-0.05, 0) is 54.3 Å². The Kier molecular flexibility index (Phi) is 7.54. The Balaban J connectivity index is 1.60. The molecule has 0 unspecified atom stereocenters. The van der Waals surface area contributed by atoms with Gasteiger partial charge >= 0.3 is 0 Å². The Morgan fingerprint density at radius 1 is 0.968 bits per heavy atom. The van der Waals surface area contributed by atoms with Crippen molar-refractivity contribution in [3.8, 4) is 17.2 Å². The number of benzene rings is 2. The lowest BCUT2D eigenvalue weighted by molar-refractivity contribution is -0.129. The summed E-state index contributed by atoms with van der Waals surface area (Å²) in [6.07, 6.45) is 5.66. The van der Waals surface area contributed by atoms with Crippen LogP contribution < -0.4 is 19.5 Å². The van der Waals surface area contributed by atoms with Crippen LogP contribution in [0.3, 0.4) is 0 Å². The van der Waals surface area contributed by atoms with Gasteiger partial charge in [-0.1, -0.05) is 12.1 Å². The van der Waals surface area contributed by atoms with Gasteiger partial charge < -0.3 is 24.4 Å². The van der Waals surface area contributed by atoms with E-state index < -0.39 is 0 Å². The van der Waals surface area contributed by atoms with Crippen LogP contribution in [0.2, 0.25) is 0 Å². The van der Waals surface area contributed by atoms with Crippen LogP contribution in [-0.2, 0) is 16.0 Å². The smallest absolute Gasteiger partial charge is 0.248 e. The van der Waals surface area contributed by atoms with Crippen molar-refractivity contribution in [3.05, 3.63) is 53.6 Å². The largest absolute Gasteiger partial charge is 0.493 e. The summed E-state index contributed by atoms with van der Waals surface area (Å²) in [6, 6.07) is 10.9. The molecule has 0 aliphatic carbocycles. The van der Waals surface area contributed by atoms with Crippen molar-refractivity contribution < 1.29 is 23.8 Å². The fraction of sp³-hybridized carbons (Fsp3) is 0.333. The number of likely N-dealkylation sites (tertiary alicyclic amines) is 1. The number of hydrogen-bond donors (Lipinski definition) is 1. The molecule has 1 aliphatic heterocycles. The van der Waals surface area contributed by atoms with Gasteiger partial charge in [0.2, 0.25) is 17.6 Å². The van der Waals surface area contributed by atoms with Gasteiger partial charge in [-0.15, -0.1) is 0 Å². The van der Waals surface area contributed by atoms with Gasteiger partial charge in [0.05, 0.1) is 27.8 Å². The molecule has 1 aliphatic rings. The summed E-state index contributed by atoms with van der Waals surface area (Å²) < 4.78 is 16.0. The van der Waals surface area contributed by atoms with Gasteiger partial charge in [0.25, 0.3) is 0 Å². The van der Waals surface area contributed by atoms with Crippen LogP contribution >= 0.6 is 0 Å². The van der Waals surface area contributed by atoms with Crippen LogP contribution in [0.15, 0.2) is 42.5 Å². The molecular weight excluding hydrogens is 396 g/mol. The summed E-state index contributed by atoms with van der Waals surface area (Å²) in [5, 5.41) is 2.82. The molecule has 0 bridgehead atoms. The van der Waals surface area contributed by atoms with Gasteiger partial charge in [0, 0.05) is 24.9 Å². The number of carbonyl (C=O) groups excluding carboxylic acids is 2. The van der Waals surface area contributed by atoms with Crippen LogP contribution in [0, 0.1) is 0 Å². The number of rotatable bonds is 8. The topological polar surface area (TPSA) is 77.1 Å². The zero-order chi connectivity index (χ0) is 22.2. The zero-order valence-electron chi connectivity index (χ0n) is 18.1. The molecule has 1 fully saturated rings. The molecule has 164 valence electrons. The van der Waals surface area contributed by atoms with Crippen molar-refractivity contribution >= 4 is 23.6 Å². The highest BCUT2D eigenvalue weighted by Gasteiger charge is 2.18. The van der Waals surface area contributed by atoms with E-state index in [1.807, 2.05) is 17.0 Å². The van der Waals surface area contributed by atoms with Crippen LogP contribution in [-0.4, -0.2) is 51.1 Å². The van der Waals surface area contributed by atoms with Crippen molar-refractivity contribution in [2.45, 2.75) is 19.3 Å². The zero-order valence-corrected chi connectivity index (χ0v) is 18.1. The maximum atomic E-state index is 12.3. The first-order valence-electron chi connectivity index (χ1n) is 10.2. The van der Waals surface area contributed by atoms with E-state index in [9.17, 15) is 9.59 Å². The quantitative estimate of drug-likeness (QED) is 0.656. The minimum atomic E-state index is -0.269. The summed E-state index contributed by atoms with van der Waals surface area (Å²) in [4.78, 5) is 26.5. The van der Waals surface area contributed by atoms with Crippen LogP contribution in [0.5, 0.6) is 17.2 Å². The number of methoxy groups -OCH3 is 3. The highest BCUT2D eigenvalue weighted by molar-refractivity contribution is 6.02. The first-order chi connectivity index (χ1) is 15.0. The fourth-order valence-corrected chi connectivity index (χ4v) is 3.51. The molecule has 3 rings (SSSR count). The average molecular weight is 424 g/mol. The van der Waals surface area contributed by atoms with Crippen molar-refractivity contribution in [2.75, 3.05) is 39.7 Å². The first kappa shape index (κ1) is 22.2. The lowest BCUT2D eigenvalue weighted by Gasteiger charge is -2.15. The molecule has 2 aromatic carbocycles. The lowest BCUT2D eigenvalue weighted by atomic mass is 10.1. The van der Waals surface area contributed by atoms with E-state index >= 15 is 0 Å². The van der Waals surface area contributed by atoms with E-state index in [-0.39, 0.29) is 11.8 Å². The number of amides is 2. The normalized spacial score (nSPS) is 13.3. The molecular formula is C24H28N2O5. The molecule has 1 N–H and O–H groups in total. The number of ether oxygens (including phenoxy) is 3. The first-order valence-corrected chi connectivity index (χ1v) is 10.2. The van der Waals surface area contributed by atoms with E-state index in [0.717, 1.165) is 37.1 Å². The SMILES string of the molecule is COc1cc(/C=C/C(=O)Nc2ccc(CC(=O)N3CCCC3)cc2)cc(OC)c1OC. The summed E-state index contributed by atoms with van der Waals surface area (Å²) in [5.41, 5.74) is 2.33. The van der Waals surface area contributed by atoms with Crippen molar-refractivity contribution in [3.63, 3.8) is 0 Å². The number of anilines is 1. The van der Waals surface area contributed by atoms with E-state index in [1.165, 1.54) is 13.2 Å². The molecule has 1 heterocycles. The van der Waals surface area contributed by atoms with Crippen LogP contribution in [0.1, 0.15) is 24.0 Å². The molecule has 1 saturated heterocycles. The summed E-state index contributed by atoms with van der Waals surface area (Å²) in [6.45, 7) is 1.70. The second-order valence-corrected chi connectivity index (χ2v) is 7.24. The standard InChI is InChI=1S/C24H28N2O5/c1-29-20-14-18(15-21(30-2)24(20)31-3)8-11-22(27)25-19-9-6-17(7-10-19)16-23(28)26-12-4-5-13-26/h6-11,14-15H,4-5,12-13,16H2,1-3H3,(H,25,27)/b11-8+. The van der Waals surface area contributed by atoms with E-state index in [0.29, 0.717) is 29.4 Å². The molecule has 2 aromatic rings. The molecule has 0 aromatic heterocycles. The molecule has 31 heavy (non-hydrogen) atoms. The molecule has 0 radical (unpaired) electrons.